The molecule has 11 nitrogen and oxygen atoms in total. The number of hydrogen-bond acceptors (Lipinski definition) is 9. The molecular formula is C21H25BrFN3O8S. The Morgan fingerprint density at radius 2 is 2.09 bits per heavy atom. The Labute approximate surface area is 211 Å². The van der Waals surface area contributed by atoms with Crippen LogP contribution in [0.15, 0.2) is 31.7 Å². The summed E-state index contributed by atoms with van der Waals surface area (Å²) in [5.74, 6) is -1.88. The molecule has 1 aliphatic rings. The van der Waals surface area contributed by atoms with E-state index < -0.39 is 59.7 Å². The summed E-state index contributed by atoms with van der Waals surface area (Å²) < 4.78 is 37.7. The molecule has 2 N–H and O–H groups in total. The summed E-state index contributed by atoms with van der Waals surface area (Å²) in [4.78, 5) is 50.1. The molecule has 0 saturated carbocycles. The molecule has 0 radical (unpaired) electrons. The smallest absolute Gasteiger partial charge is 0.408 e. The van der Waals surface area contributed by atoms with Gasteiger partial charge in [0.05, 0.1) is 22.7 Å². The lowest BCUT2D eigenvalue weighted by molar-refractivity contribution is -0.150. The van der Waals surface area contributed by atoms with Crippen LogP contribution in [0.4, 0.5) is 9.18 Å². The van der Waals surface area contributed by atoms with Gasteiger partial charge in [0.25, 0.3) is 5.56 Å². The van der Waals surface area contributed by atoms with Gasteiger partial charge in [0.2, 0.25) is 5.82 Å². The van der Waals surface area contributed by atoms with Gasteiger partial charge in [-0.2, -0.15) is 4.39 Å². The Hall–Kier alpha value is -2.55. The Morgan fingerprint density at radius 1 is 1.34 bits per heavy atom. The van der Waals surface area contributed by atoms with Gasteiger partial charge in [-0.15, -0.1) is 11.3 Å². The minimum Gasteiger partial charge on any atom is -0.461 e. The predicted molar refractivity (Wildman–Crippen MR) is 126 cm³/mol. The van der Waals surface area contributed by atoms with Crippen LogP contribution in [-0.4, -0.2) is 52.6 Å². The molecule has 1 fully saturated rings. The summed E-state index contributed by atoms with van der Waals surface area (Å²) in [6.45, 7) is 4.62. The van der Waals surface area contributed by atoms with Crippen molar-refractivity contribution >= 4 is 39.3 Å². The highest BCUT2D eigenvalue weighted by Crippen LogP contribution is 2.32. The van der Waals surface area contributed by atoms with Gasteiger partial charge in [-0.1, -0.05) is 0 Å². The van der Waals surface area contributed by atoms with Gasteiger partial charge in [0.15, 0.2) is 0 Å². The van der Waals surface area contributed by atoms with E-state index in [1.807, 2.05) is 17.1 Å². The normalized spacial score (nSPS) is 20.0. The van der Waals surface area contributed by atoms with Crippen molar-refractivity contribution in [3.8, 4) is 0 Å². The molecule has 35 heavy (non-hydrogen) atoms. The maximum Gasteiger partial charge on any atom is 0.408 e. The van der Waals surface area contributed by atoms with Crippen LogP contribution in [0.25, 0.3) is 0 Å². The van der Waals surface area contributed by atoms with Crippen LogP contribution in [0, 0.1) is 5.82 Å². The van der Waals surface area contributed by atoms with Crippen molar-refractivity contribution in [2.75, 3.05) is 13.2 Å². The van der Waals surface area contributed by atoms with E-state index in [0.717, 1.165) is 19.4 Å². The first-order valence-electron chi connectivity index (χ1n) is 10.6. The van der Waals surface area contributed by atoms with Crippen molar-refractivity contribution < 1.29 is 32.9 Å². The number of aromatic nitrogens is 2. The second-order valence-corrected chi connectivity index (χ2v) is 11.1. The molecule has 14 heteroatoms. The number of esters is 1. The molecule has 1 aliphatic heterocycles. The summed E-state index contributed by atoms with van der Waals surface area (Å²) in [7, 11) is 0. The second-order valence-electron chi connectivity index (χ2n) is 8.60. The average molecular weight is 578 g/mol. The van der Waals surface area contributed by atoms with Crippen molar-refractivity contribution in [3.63, 3.8) is 0 Å². The summed E-state index contributed by atoms with van der Waals surface area (Å²) in [5, 5.41) is 2.30. The van der Waals surface area contributed by atoms with Crippen LogP contribution in [-0.2, 0) is 30.3 Å². The minimum atomic E-state index is -1.14. The molecule has 3 atom stereocenters. The third-order valence-electron chi connectivity index (χ3n) is 4.67. The third-order valence-corrected chi connectivity index (χ3v) is 6.27. The van der Waals surface area contributed by atoms with Crippen LogP contribution in [0.3, 0.4) is 0 Å². The zero-order valence-electron chi connectivity index (χ0n) is 19.2. The molecule has 0 spiro atoms. The van der Waals surface area contributed by atoms with Crippen LogP contribution in [0.1, 0.15) is 38.3 Å². The van der Waals surface area contributed by atoms with Crippen molar-refractivity contribution in [3.05, 3.63) is 53.6 Å². The lowest BCUT2D eigenvalue weighted by Gasteiger charge is -2.20. The third kappa shape index (κ3) is 7.98. The standard InChI is InChI=1S/C21H25BrFN3O8S/c1-21(2,3)34-20(30)24-7-17(27)32-10-14-13(31-9-11-4-5-15(22)35-11)6-16(33-14)26-8-12(23)18(28)25-19(26)29/h4-5,8,13-14,16H,6-7,9-10H2,1-3H3,(H,24,30)(H,25,28,29)/t13-,14+,16+/m0/s1. The first-order chi connectivity index (χ1) is 16.4. The van der Waals surface area contributed by atoms with Crippen molar-refractivity contribution in [2.45, 2.75) is 57.8 Å². The number of nitrogens with zero attached hydrogens (tertiary/aromatic N) is 1. The SMILES string of the molecule is CC(C)(C)OC(=O)NCC(=O)OC[C@H]1O[C@@H](n2cc(F)c(=O)[nH]c2=O)C[C@@H]1OCc1ccc(Br)s1. The first kappa shape index (κ1) is 27.0. The predicted octanol–water partition coefficient (Wildman–Crippen LogP) is 2.44. The van der Waals surface area contributed by atoms with E-state index in [2.05, 4.69) is 21.2 Å². The van der Waals surface area contributed by atoms with E-state index in [9.17, 15) is 23.6 Å². The Kier molecular flexibility index (Phi) is 8.85. The average Bonchev–Trinajstić information content (AvgIpc) is 3.36. The van der Waals surface area contributed by atoms with Gasteiger partial charge in [0, 0.05) is 11.3 Å². The summed E-state index contributed by atoms with van der Waals surface area (Å²) in [6, 6.07) is 3.75. The number of thiophene rings is 1. The topological polar surface area (TPSA) is 138 Å². The highest BCUT2D eigenvalue weighted by Gasteiger charge is 2.38. The van der Waals surface area contributed by atoms with E-state index in [4.69, 9.17) is 18.9 Å². The number of halogens is 2. The number of amides is 1. The Balaban J connectivity index is 1.63. The highest BCUT2D eigenvalue weighted by atomic mass is 79.9. The molecule has 0 aliphatic carbocycles. The fourth-order valence-electron chi connectivity index (χ4n) is 3.17. The quantitative estimate of drug-likeness (QED) is 0.456. The number of alkyl carbamates (subject to hydrolysis) is 1. The number of rotatable bonds is 8. The van der Waals surface area contributed by atoms with E-state index in [-0.39, 0.29) is 19.6 Å². The fourth-order valence-corrected chi connectivity index (χ4v) is 4.58. The molecule has 0 bridgehead atoms. The maximum atomic E-state index is 13.8. The van der Waals surface area contributed by atoms with E-state index in [0.29, 0.717) is 0 Å². The molecule has 3 rings (SSSR count). The number of ether oxygens (including phenoxy) is 4. The molecule has 1 amide bonds. The lowest BCUT2D eigenvalue weighted by Crippen LogP contribution is -2.37. The summed E-state index contributed by atoms with van der Waals surface area (Å²) in [5.41, 5.74) is -2.70. The molecule has 2 aromatic heterocycles. The van der Waals surface area contributed by atoms with Crippen LogP contribution >= 0.6 is 27.3 Å². The minimum absolute atomic E-state index is 0.135. The first-order valence-corrected chi connectivity index (χ1v) is 12.2. The number of carbonyl (C=O) groups excluding carboxylic acids is 2. The largest absolute Gasteiger partial charge is 0.461 e. The zero-order chi connectivity index (χ0) is 25.8. The van der Waals surface area contributed by atoms with Crippen LogP contribution in [0.2, 0.25) is 0 Å². The van der Waals surface area contributed by atoms with Gasteiger partial charge in [-0.05, 0) is 48.8 Å². The summed E-state index contributed by atoms with van der Waals surface area (Å²) >= 11 is 4.85. The van der Waals surface area contributed by atoms with Crippen molar-refractivity contribution in [2.24, 2.45) is 0 Å². The van der Waals surface area contributed by atoms with Gasteiger partial charge >= 0.3 is 17.8 Å². The fraction of sp³-hybridized carbons (Fsp3) is 0.524. The van der Waals surface area contributed by atoms with Crippen LogP contribution in [0.5, 0.6) is 0 Å². The highest BCUT2D eigenvalue weighted by molar-refractivity contribution is 9.11. The van der Waals surface area contributed by atoms with E-state index >= 15 is 0 Å². The van der Waals surface area contributed by atoms with Gasteiger partial charge < -0.3 is 24.3 Å². The molecule has 1 saturated heterocycles. The monoisotopic (exact) mass is 577 g/mol. The number of aromatic amines is 1. The number of nitrogens with one attached hydrogen (secondary N) is 2. The van der Waals surface area contributed by atoms with Crippen LogP contribution < -0.4 is 16.6 Å². The number of hydrogen-bond donors (Lipinski definition) is 2. The van der Waals surface area contributed by atoms with E-state index in [1.54, 1.807) is 20.8 Å². The van der Waals surface area contributed by atoms with Crippen molar-refractivity contribution in [1.82, 2.24) is 14.9 Å². The Bertz CT molecular complexity index is 1170. The molecular weight excluding hydrogens is 553 g/mol. The number of carbonyl (C=O) groups is 2. The Morgan fingerprint density at radius 3 is 2.74 bits per heavy atom. The maximum absolute atomic E-state index is 13.8. The van der Waals surface area contributed by atoms with E-state index in [1.165, 1.54) is 11.3 Å². The van der Waals surface area contributed by atoms with Gasteiger partial charge in [-0.3, -0.25) is 19.1 Å². The van der Waals surface area contributed by atoms with Gasteiger partial charge in [-0.25, -0.2) is 9.59 Å². The molecule has 192 valence electrons. The van der Waals surface area contributed by atoms with Crippen molar-refractivity contribution in [1.29, 1.82) is 0 Å². The molecule has 3 heterocycles. The lowest BCUT2D eigenvalue weighted by atomic mass is 10.2. The van der Waals surface area contributed by atoms with Gasteiger partial charge in [0.1, 0.15) is 31.1 Å². The number of H-pyrrole nitrogens is 1. The second kappa shape index (κ2) is 11.5. The summed E-state index contributed by atoms with van der Waals surface area (Å²) in [6.07, 6.45) is -2.24. The zero-order valence-corrected chi connectivity index (χ0v) is 21.6. The molecule has 2 aromatic rings. The molecule has 0 unspecified atom stereocenters. The molecule has 0 aromatic carbocycles.